The summed E-state index contributed by atoms with van der Waals surface area (Å²) in [6.45, 7) is 0.235. The van der Waals surface area contributed by atoms with Crippen LogP contribution in [0.5, 0.6) is 11.5 Å². The van der Waals surface area contributed by atoms with Crippen LogP contribution in [0, 0.1) is 0 Å². The number of phenols is 2. The van der Waals surface area contributed by atoms with Gasteiger partial charge in [0.05, 0.1) is 10.6 Å². The summed E-state index contributed by atoms with van der Waals surface area (Å²) in [5, 5.41) is 19.3. The van der Waals surface area contributed by atoms with Crippen molar-refractivity contribution in [2.24, 2.45) is 0 Å². The normalized spacial score (nSPS) is 22.5. The molecule has 3 rings (SSSR count). The van der Waals surface area contributed by atoms with Crippen LogP contribution in [0.1, 0.15) is 36.0 Å². The van der Waals surface area contributed by atoms with Gasteiger partial charge < -0.3 is 20.0 Å². The van der Waals surface area contributed by atoms with Crippen molar-refractivity contribution in [2.45, 2.75) is 37.6 Å². The van der Waals surface area contributed by atoms with Gasteiger partial charge in [-0.25, -0.2) is 8.78 Å². The molecule has 2 heterocycles. The molecule has 9 heteroatoms. The van der Waals surface area contributed by atoms with Crippen LogP contribution >= 0.6 is 11.6 Å². The van der Waals surface area contributed by atoms with Gasteiger partial charge in [-0.3, -0.25) is 9.59 Å². The highest BCUT2D eigenvalue weighted by Crippen LogP contribution is 2.34. The van der Waals surface area contributed by atoms with Crippen molar-refractivity contribution in [1.29, 1.82) is 0 Å². The summed E-state index contributed by atoms with van der Waals surface area (Å²) >= 11 is 5.81. The van der Waals surface area contributed by atoms with Gasteiger partial charge in [-0.15, -0.1) is 0 Å². The molecule has 0 unspecified atom stereocenters. The number of nitrogens with zero attached hydrogens (tertiary/aromatic N) is 2. The Bertz CT molecular complexity index is 734. The van der Waals surface area contributed by atoms with Crippen LogP contribution in [-0.2, 0) is 4.79 Å². The molecule has 26 heavy (non-hydrogen) atoms. The second-order valence-electron chi connectivity index (χ2n) is 6.66. The fraction of sp³-hybridized carbons (Fsp3) is 0.529. The number of aromatic hydroxyl groups is 2. The molecule has 0 aromatic heterocycles. The lowest BCUT2D eigenvalue weighted by molar-refractivity contribution is -0.141. The maximum absolute atomic E-state index is 13.3. The van der Waals surface area contributed by atoms with Gasteiger partial charge in [-0.1, -0.05) is 11.6 Å². The first-order valence-corrected chi connectivity index (χ1v) is 8.76. The number of amides is 2. The number of carbonyl (C=O) groups excluding carboxylic acids is 2. The van der Waals surface area contributed by atoms with Crippen LogP contribution in [0.4, 0.5) is 8.78 Å². The van der Waals surface area contributed by atoms with Crippen molar-refractivity contribution in [2.75, 3.05) is 19.6 Å². The van der Waals surface area contributed by atoms with E-state index in [1.807, 2.05) is 0 Å². The Hall–Kier alpha value is -2.09. The van der Waals surface area contributed by atoms with E-state index in [1.54, 1.807) is 0 Å². The highest BCUT2D eigenvalue weighted by molar-refractivity contribution is 6.32. The van der Waals surface area contributed by atoms with Crippen LogP contribution in [-0.4, -0.2) is 63.4 Å². The van der Waals surface area contributed by atoms with Crippen LogP contribution in [0.25, 0.3) is 0 Å². The van der Waals surface area contributed by atoms with E-state index in [1.165, 1.54) is 9.80 Å². The summed E-state index contributed by atoms with van der Waals surface area (Å²) in [6.07, 6.45) is 0.268. The molecule has 1 aromatic rings. The lowest BCUT2D eigenvalue weighted by Gasteiger charge is -2.35. The quantitative estimate of drug-likeness (QED) is 0.816. The predicted molar refractivity (Wildman–Crippen MR) is 89.6 cm³/mol. The molecule has 0 aliphatic carbocycles. The van der Waals surface area contributed by atoms with Gasteiger partial charge in [-0.05, 0) is 18.9 Å². The third kappa shape index (κ3) is 3.56. The zero-order valence-corrected chi connectivity index (χ0v) is 14.7. The fourth-order valence-corrected chi connectivity index (χ4v) is 3.57. The van der Waals surface area contributed by atoms with E-state index >= 15 is 0 Å². The highest BCUT2D eigenvalue weighted by atomic mass is 35.5. The lowest BCUT2D eigenvalue weighted by atomic mass is 10.0. The number of hydrogen-bond donors (Lipinski definition) is 2. The molecule has 0 radical (unpaired) electrons. The number of alkyl halides is 2. The highest BCUT2D eigenvalue weighted by Gasteiger charge is 2.41. The monoisotopic (exact) mass is 388 g/mol. The Balaban J connectivity index is 1.77. The van der Waals surface area contributed by atoms with Crippen molar-refractivity contribution < 1.29 is 28.6 Å². The Morgan fingerprint density at radius 2 is 1.77 bits per heavy atom. The van der Waals surface area contributed by atoms with E-state index < -0.39 is 23.6 Å². The van der Waals surface area contributed by atoms with Gasteiger partial charge in [0.1, 0.15) is 17.5 Å². The molecule has 1 atom stereocenters. The third-order valence-corrected chi connectivity index (χ3v) is 5.20. The molecule has 2 N–H and O–H groups in total. The maximum atomic E-state index is 13.3. The number of rotatable bonds is 2. The number of piperidine rings is 1. The molecule has 2 aliphatic rings. The van der Waals surface area contributed by atoms with E-state index in [0.717, 1.165) is 12.1 Å². The summed E-state index contributed by atoms with van der Waals surface area (Å²) < 4.78 is 26.6. The smallest absolute Gasteiger partial charge is 0.258 e. The predicted octanol–water partition coefficient (Wildman–Crippen LogP) is 2.61. The van der Waals surface area contributed by atoms with Crippen molar-refractivity contribution in [3.05, 3.63) is 22.7 Å². The molecule has 0 saturated carbocycles. The fourth-order valence-electron chi connectivity index (χ4n) is 3.41. The van der Waals surface area contributed by atoms with Crippen molar-refractivity contribution >= 4 is 23.4 Å². The van der Waals surface area contributed by atoms with Gasteiger partial charge in [0, 0.05) is 38.5 Å². The second kappa shape index (κ2) is 6.90. The molecule has 2 amide bonds. The molecule has 142 valence electrons. The molecular weight excluding hydrogens is 370 g/mol. The molecule has 0 spiro atoms. The number of halogens is 3. The SMILES string of the molecule is O=C([C@H]1CCCN1C(=O)c1cc(Cl)c(O)cc1O)N1CCC(F)(F)CC1. The van der Waals surface area contributed by atoms with Gasteiger partial charge in [0.2, 0.25) is 5.91 Å². The number of benzene rings is 1. The molecule has 2 aliphatic heterocycles. The summed E-state index contributed by atoms with van der Waals surface area (Å²) in [5.74, 6) is -4.48. The summed E-state index contributed by atoms with van der Waals surface area (Å²) in [5.41, 5.74) is -0.113. The van der Waals surface area contributed by atoms with E-state index in [2.05, 4.69) is 0 Å². The first kappa shape index (κ1) is 18.7. The standard InChI is InChI=1S/C17H19ClF2N2O4/c18-11-8-10(13(23)9-14(11)24)15(25)22-5-1-2-12(22)16(26)21-6-3-17(19,20)4-7-21/h8-9,12,23-24H,1-7H2/t12-/m1/s1. The molecule has 1 aromatic carbocycles. The number of likely N-dealkylation sites (tertiary alicyclic amines) is 2. The Morgan fingerprint density at radius 1 is 1.12 bits per heavy atom. The van der Waals surface area contributed by atoms with Gasteiger partial charge >= 0.3 is 0 Å². The zero-order valence-electron chi connectivity index (χ0n) is 13.9. The number of carbonyl (C=O) groups is 2. The summed E-state index contributed by atoms with van der Waals surface area (Å²) in [6, 6.07) is 1.37. The molecular formula is C17H19ClF2N2O4. The second-order valence-corrected chi connectivity index (χ2v) is 7.07. The molecule has 2 saturated heterocycles. The zero-order chi connectivity index (χ0) is 19.1. The number of hydrogen-bond acceptors (Lipinski definition) is 4. The van der Waals surface area contributed by atoms with Crippen LogP contribution in [0.3, 0.4) is 0 Å². The molecule has 6 nitrogen and oxygen atoms in total. The van der Waals surface area contributed by atoms with Gasteiger partial charge in [-0.2, -0.15) is 0 Å². The Morgan fingerprint density at radius 3 is 2.42 bits per heavy atom. The number of phenolic OH excluding ortho intramolecular Hbond substituents is 2. The van der Waals surface area contributed by atoms with Crippen molar-refractivity contribution in [1.82, 2.24) is 9.80 Å². The van der Waals surface area contributed by atoms with Gasteiger partial charge in [0.25, 0.3) is 11.8 Å². The van der Waals surface area contributed by atoms with E-state index in [-0.39, 0.29) is 48.2 Å². The average Bonchev–Trinajstić information content (AvgIpc) is 3.06. The van der Waals surface area contributed by atoms with Crippen LogP contribution in [0.2, 0.25) is 5.02 Å². The van der Waals surface area contributed by atoms with Gasteiger partial charge in [0.15, 0.2) is 0 Å². The van der Waals surface area contributed by atoms with Crippen molar-refractivity contribution in [3.63, 3.8) is 0 Å². The summed E-state index contributed by atoms with van der Waals surface area (Å²) in [7, 11) is 0. The minimum Gasteiger partial charge on any atom is -0.507 e. The minimum absolute atomic E-state index is 0.0410. The topological polar surface area (TPSA) is 81.1 Å². The third-order valence-electron chi connectivity index (χ3n) is 4.90. The first-order valence-electron chi connectivity index (χ1n) is 8.39. The minimum atomic E-state index is -2.75. The largest absolute Gasteiger partial charge is 0.507 e. The maximum Gasteiger partial charge on any atom is 0.258 e. The van der Waals surface area contributed by atoms with E-state index in [9.17, 15) is 28.6 Å². The molecule has 2 fully saturated rings. The Kier molecular flexibility index (Phi) is 4.96. The van der Waals surface area contributed by atoms with Crippen molar-refractivity contribution in [3.8, 4) is 11.5 Å². The summed E-state index contributed by atoms with van der Waals surface area (Å²) in [4.78, 5) is 28.2. The van der Waals surface area contributed by atoms with Crippen LogP contribution < -0.4 is 0 Å². The lowest BCUT2D eigenvalue weighted by Crippen LogP contribution is -2.51. The van der Waals surface area contributed by atoms with E-state index in [4.69, 9.17) is 11.6 Å². The van der Waals surface area contributed by atoms with E-state index in [0.29, 0.717) is 19.4 Å². The molecule has 0 bridgehead atoms. The first-order chi connectivity index (χ1) is 12.2. The Labute approximate surface area is 153 Å². The van der Waals surface area contributed by atoms with Crippen LogP contribution in [0.15, 0.2) is 12.1 Å². The average molecular weight is 389 g/mol.